The molecule has 1 nitrogen and oxygen atoms in total. The molecule has 1 aromatic carbocycles. The zero-order valence-corrected chi connectivity index (χ0v) is 11.0. The highest BCUT2D eigenvalue weighted by Gasteiger charge is 2.26. The average Bonchev–Trinajstić information content (AvgIpc) is 3.14. The third-order valence-corrected chi connectivity index (χ3v) is 3.72. The lowest BCUT2D eigenvalue weighted by Gasteiger charge is -2.27. The maximum absolute atomic E-state index is 4.02. The molecule has 1 unspecified atom stereocenters. The van der Waals surface area contributed by atoms with Crippen LogP contribution in [0.5, 0.6) is 0 Å². The van der Waals surface area contributed by atoms with Gasteiger partial charge in [0.2, 0.25) is 0 Å². The maximum Gasteiger partial charge on any atom is 0.00685 e. The Bertz CT molecular complexity index is 392. The van der Waals surface area contributed by atoms with E-state index >= 15 is 0 Å². The second kappa shape index (κ2) is 5.05. The van der Waals surface area contributed by atoms with Gasteiger partial charge in [-0.05, 0) is 37.3 Å². The highest BCUT2D eigenvalue weighted by atomic mass is 15.0. The first kappa shape index (κ1) is 12.4. The minimum Gasteiger partial charge on any atom is -0.313 e. The van der Waals surface area contributed by atoms with Crippen LogP contribution in [0, 0.1) is 12.3 Å². The van der Waals surface area contributed by atoms with Gasteiger partial charge in [0.25, 0.3) is 0 Å². The van der Waals surface area contributed by atoms with Crippen LogP contribution >= 0.6 is 0 Å². The van der Waals surface area contributed by atoms with Crippen LogP contribution in [-0.4, -0.2) is 12.6 Å². The van der Waals surface area contributed by atoms with Gasteiger partial charge in [-0.15, -0.1) is 6.58 Å². The van der Waals surface area contributed by atoms with E-state index in [1.807, 2.05) is 0 Å². The van der Waals surface area contributed by atoms with Crippen molar-refractivity contribution in [2.45, 2.75) is 39.2 Å². The Hall–Kier alpha value is -1.08. The number of rotatable bonds is 6. The van der Waals surface area contributed by atoms with Crippen molar-refractivity contribution >= 4 is 0 Å². The molecule has 0 saturated heterocycles. The Morgan fingerprint density at radius 2 is 2.12 bits per heavy atom. The lowest BCUT2D eigenvalue weighted by molar-refractivity contribution is 0.388. The number of hydrogen-bond donors (Lipinski definition) is 1. The van der Waals surface area contributed by atoms with Gasteiger partial charge in [0, 0.05) is 18.0 Å². The number of nitrogens with one attached hydrogen (secondary N) is 1. The summed E-state index contributed by atoms with van der Waals surface area (Å²) >= 11 is 0. The third kappa shape index (κ3) is 3.44. The number of benzene rings is 1. The molecule has 92 valence electrons. The summed E-state index contributed by atoms with van der Waals surface area (Å²) in [6.07, 6.45) is 5.87. The molecule has 2 rings (SSSR count). The summed E-state index contributed by atoms with van der Waals surface area (Å²) in [6, 6.07) is 9.42. The quantitative estimate of drug-likeness (QED) is 0.736. The lowest BCUT2D eigenvalue weighted by atomic mass is 9.82. The molecule has 17 heavy (non-hydrogen) atoms. The van der Waals surface area contributed by atoms with E-state index in [9.17, 15) is 0 Å². The summed E-state index contributed by atoms with van der Waals surface area (Å²) in [5.41, 5.74) is 2.98. The Balaban J connectivity index is 2.01. The Labute approximate surface area is 105 Å². The van der Waals surface area contributed by atoms with E-state index in [1.165, 1.54) is 24.0 Å². The first-order valence-corrected chi connectivity index (χ1v) is 6.54. The maximum atomic E-state index is 4.02. The van der Waals surface area contributed by atoms with Crippen molar-refractivity contribution in [3.8, 4) is 0 Å². The van der Waals surface area contributed by atoms with Gasteiger partial charge in [-0.2, -0.15) is 0 Å². The molecule has 1 heteroatoms. The van der Waals surface area contributed by atoms with Crippen molar-refractivity contribution in [1.82, 2.24) is 5.32 Å². The Kier molecular flexibility index (Phi) is 3.68. The van der Waals surface area contributed by atoms with Gasteiger partial charge in [-0.3, -0.25) is 0 Å². The summed E-state index contributed by atoms with van der Waals surface area (Å²) in [5.74, 6) is 0. The van der Waals surface area contributed by atoms with Crippen LogP contribution in [-0.2, 0) is 6.42 Å². The average molecular weight is 229 g/mol. The third-order valence-electron chi connectivity index (χ3n) is 3.72. The van der Waals surface area contributed by atoms with E-state index in [2.05, 4.69) is 56.1 Å². The van der Waals surface area contributed by atoms with Gasteiger partial charge in [0.15, 0.2) is 0 Å². The van der Waals surface area contributed by atoms with Crippen LogP contribution in [0.1, 0.15) is 30.9 Å². The summed E-state index contributed by atoms with van der Waals surface area (Å²) in [7, 11) is 0. The van der Waals surface area contributed by atoms with E-state index in [1.54, 1.807) is 0 Å². The van der Waals surface area contributed by atoms with Crippen LogP contribution in [0.4, 0.5) is 0 Å². The van der Waals surface area contributed by atoms with E-state index in [0.717, 1.165) is 19.0 Å². The second-order valence-corrected chi connectivity index (χ2v) is 5.62. The van der Waals surface area contributed by atoms with Gasteiger partial charge in [-0.1, -0.05) is 37.3 Å². The highest BCUT2D eigenvalue weighted by Crippen LogP contribution is 2.27. The molecule has 1 saturated carbocycles. The van der Waals surface area contributed by atoms with Crippen molar-refractivity contribution in [3.05, 3.63) is 48.0 Å². The smallest absolute Gasteiger partial charge is 0.00685 e. The molecule has 0 aromatic heterocycles. The van der Waals surface area contributed by atoms with Crippen molar-refractivity contribution in [2.75, 3.05) is 6.54 Å². The van der Waals surface area contributed by atoms with Gasteiger partial charge in [0.05, 0.1) is 0 Å². The van der Waals surface area contributed by atoms with E-state index in [4.69, 9.17) is 0 Å². The number of aryl methyl sites for hydroxylation is 1. The van der Waals surface area contributed by atoms with Crippen LogP contribution in [0.2, 0.25) is 0 Å². The lowest BCUT2D eigenvalue weighted by Crippen LogP contribution is -2.33. The van der Waals surface area contributed by atoms with Crippen LogP contribution in [0.15, 0.2) is 36.9 Å². The van der Waals surface area contributed by atoms with Crippen LogP contribution < -0.4 is 5.32 Å². The zero-order valence-electron chi connectivity index (χ0n) is 11.0. The fourth-order valence-electron chi connectivity index (χ4n) is 2.12. The predicted molar refractivity (Wildman–Crippen MR) is 74.2 cm³/mol. The van der Waals surface area contributed by atoms with Crippen LogP contribution in [0.3, 0.4) is 0 Å². The molecular weight excluding hydrogens is 206 g/mol. The first-order chi connectivity index (χ1) is 8.13. The molecule has 0 heterocycles. The summed E-state index contributed by atoms with van der Waals surface area (Å²) in [4.78, 5) is 0. The molecule has 0 amide bonds. The number of hydrogen-bond acceptors (Lipinski definition) is 1. The standard InChI is InChI=1S/C16H23N/c1-4-16(3,12-17-15-9-10-15)11-14-8-6-5-7-13(14)2/h4-8,15,17H,1,9-12H2,2-3H3. The van der Waals surface area contributed by atoms with Gasteiger partial charge in [0.1, 0.15) is 0 Å². The normalized spacial score (nSPS) is 18.7. The first-order valence-electron chi connectivity index (χ1n) is 6.54. The molecule has 0 spiro atoms. The molecule has 1 aliphatic rings. The van der Waals surface area contributed by atoms with Gasteiger partial charge < -0.3 is 5.32 Å². The summed E-state index contributed by atoms with van der Waals surface area (Å²) < 4.78 is 0. The van der Waals surface area contributed by atoms with Crippen molar-refractivity contribution in [3.63, 3.8) is 0 Å². The second-order valence-electron chi connectivity index (χ2n) is 5.62. The fourth-order valence-corrected chi connectivity index (χ4v) is 2.12. The fraction of sp³-hybridized carbons (Fsp3) is 0.500. The zero-order chi connectivity index (χ0) is 12.3. The van der Waals surface area contributed by atoms with Gasteiger partial charge >= 0.3 is 0 Å². The molecule has 1 atom stereocenters. The summed E-state index contributed by atoms with van der Waals surface area (Å²) in [5, 5.41) is 3.62. The van der Waals surface area contributed by atoms with E-state index in [0.29, 0.717) is 0 Å². The molecular formula is C16H23N. The largest absolute Gasteiger partial charge is 0.313 e. The monoisotopic (exact) mass is 229 g/mol. The Morgan fingerprint density at radius 3 is 2.71 bits per heavy atom. The molecule has 1 fully saturated rings. The topological polar surface area (TPSA) is 12.0 Å². The molecule has 0 radical (unpaired) electrons. The predicted octanol–water partition coefficient (Wildman–Crippen LogP) is 3.48. The summed E-state index contributed by atoms with van der Waals surface area (Å²) in [6.45, 7) is 9.54. The SMILES string of the molecule is C=CC(C)(CNC1CC1)Cc1ccccc1C. The van der Waals surface area contributed by atoms with E-state index < -0.39 is 0 Å². The van der Waals surface area contributed by atoms with Crippen molar-refractivity contribution in [1.29, 1.82) is 0 Å². The van der Waals surface area contributed by atoms with Crippen molar-refractivity contribution in [2.24, 2.45) is 5.41 Å². The molecule has 0 aliphatic heterocycles. The Morgan fingerprint density at radius 1 is 1.41 bits per heavy atom. The van der Waals surface area contributed by atoms with E-state index in [-0.39, 0.29) is 5.41 Å². The minimum absolute atomic E-state index is 0.161. The molecule has 0 bridgehead atoms. The molecule has 1 aliphatic carbocycles. The van der Waals surface area contributed by atoms with Gasteiger partial charge in [-0.25, -0.2) is 0 Å². The molecule has 1 aromatic rings. The van der Waals surface area contributed by atoms with Crippen molar-refractivity contribution < 1.29 is 0 Å². The van der Waals surface area contributed by atoms with Crippen LogP contribution in [0.25, 0.3) is 0 Å². The minimum atomic E-state index is 0.161. The highest BCUT2D eigenvalue weighted by molar-refractivity contribution is 5.27. The molecule has 1 N–H and O–H groups in total.